The Balaban J connectivity index is 1.97. The van der Waals surface area contributed by atoms with Crippen molar-refractivity contribution >= 4 is 10.1 Å². The van der Waals surface area contributed by atoms with Crippen LogP contribution in [0.2, 0.25) is 0 Å². The minimum absolute atomic E-state index is 0.161. The molecule has 0 unspecified atom stereocenters. The summed E-state index contributed by atoms with van der Waals surface area (Å²) >= 11 is 0. The second-order valence-corrected chi connectivity index (χ2v) is 6.18. The van der Waals surface area contributed by atoms with Crippen molar-refractivity contribution < 1.29 is 12.7 Å². The van der Waals surface area contributed by atoms with Gasteiger partial charge >= 0.3 is 10.1 Å². The van der Waals surface area contributed by atoms with Crippen molar-refractivity contribution in [2.45, 2.75) is 43.4 Å². The third kappa shape index (κ3) is 4.36. The highest BCUT2D eigenvalue weighted by Gasteiger charge is 2.15. The summed E-state index contributed by atoms with van der Waals surface area (Å²) in [5, 5.41) is 0. The van der Waals surface area contributed by atoms with Crippen molar-refractivity contribution in [2.75, 3.05) is 0 Å². The molecule has 0 amide bonds. The molecule has 0 aromatic heterocycles. The zero-order chi connectivity index (χ0) is 13.6. The lowest BCUT2D eigenvalue weighted by Crippen LogP contribution is -2.20. The maximum Gasteiger partial charge on any atom is 0.317 e. The molecular weight excluding hydrogens is 262 g/mol. The van der Waals surface area contributed by atoms with Crippen LogP contribution in [-0.2, 0) is 14.4 Å². The SMILES string of the molecule is O=S(=O)(ONC1=CCCCCCC1)c1ccccc1. The first-order valence-corrected chi connectivity index (χ1v) is 8.03. The number of hydrogen-bond acceptors (Lipinski definition) is 4. The van der Waals surface area contributed by atoms with Gasteiger partial charge < -0.3 is 0 Å². The Hall–Kier alpha value is -1.33. The van der Waals surface area contributed by atoms with Crippen LogP contribution in [-0.4, -0.2) is 8.42 Å². The van der Waals surface area contributed by atoms with Crippen LogP contribution in [0.4, 0.5) is 0 Å². The van der Waals surface area contributed by atoms with E-state index in [0.29, 0.717) is 0 Å². The number of hydrogen-bond donors (Lipinski definition) is 1. The number of hydroxylamine groups is 1. The van der Waals surface area contributed by atoms with Crippen LogP contribution < -0.4 is 5.48 Å². The molecule has 1 N–H and O–H groups in total. The van der Waals surface area contributed by atoms with Gasteiger partial charge in [0.25, 0.3) is 0 Å². The lowest BCUT2D eigenvalue weighted by atomic mass is 10.0. The fourth-order valence-corrected chi connectivity index (χ4v) is 2.83. The van der Waals surface area contributed by atoms with E-state index < -0.39 is 10.1 Å². The van der Waals surface area contributed by atoms with E-state index in [2.05, 4.69) is 5.48 Å². The van der Waals surface area contributed by atoms with Gasteiger partial charge in [-0.3, -0.25) is 5.48 Å². The lowest BCUT2D eigenvalue weighted by Gasteiger charge is -2.13. The molecule has 19 heavy (non-hydrogen) atoms. The van der Waals surface area contributed by atoms with Gasteiger partial charge in [-0.1, -0.05) is 37.1 Å². The first kappa shape index (κ1) is 14.1. The Kier molecular flexibility index (Phi) is 4.99. The minimum atomic E-state index is -3.73. The van der Waals surface area contributed by atoms with Gasteiger partial charge in [0.2, 0.25) is 0 Å². The largest absolute Gasteiger partial charge is 0.317 e. The summed E-state index contributed by atoms with van der Waals surface area (Å²) in [6.45, 7) is 0. The Morgan fingerprint density at radius 1 is 1.00 bits per heavy atom. The smallest absolute Gasteiger partial charge is 0.254 e. The summed E-state index contributed by atoms with van der Waals surface area (Å²) in [7, 11) is -3.73. The molecule has 0 saturated carbocycles. The highest BCUT2D eigenvalue weighted by atomic mass is 32.2. The van der Waals surface area contributed by atoms with Crippen molar-refractivity contribution in [3.8, 4) is 0 Å². The van der Waals surface area contributed by atoms with Gasteiger partial charge in [0.1, 0.15) is 0 Å². The molecule has 104 valence electrons. The highest BCUT2D eigenvalue weighted by molar-refractivity contribution is 7.86. The first-order valence-electron chi connectivity index (χ1n) is 6.62. The molecule has 0 atom stereocenters. The fraction of sp³-hybridized carbons (Fsp3) is 0.429. The van der Waals surface area contributed by atoms with Gasteiger partial charge in [0.05, 0.1) is 4.90 Å². The zero-order valence-corrected chi connectivity index (χ0v) is 11.7. The average Bonchev–Trinajstić information content (AvgIpc) is 2.38. The van der Waals surface area contributed by atoms with Gasteiger partial charge in [-0.25, -0.2) is 0 Å². The van der Waals surface area contributed by atoms with Gasteiger partial charge in [0, 0.05) is 5.70 Å². The Morgan fingerprint density at radius 2 is 1.74 bits per heavy atom. The molecule has 0 fully saturated rings. The van der Waals surface area contributed by atoms with Gasteiger partial charge in [-0.05, 0) is 37.8 Å². The van der Waals surface area contributed by atoms with E-state index in [9.17, 15) is 8.42 Å². The topological polar surface area (TPSA) is 55.4 Å². The average molecular weight is 281 g/mol. The van der Waals surface area contributed by atoms with Crippen LogP contribution in [0.3, 0.4) is 0 Å². The van der Waals surface area contributed by atoms with E-state index in [-0.39, 0.29) is 4.90 Å². The van der Waals surface area contributed by atoms with Gasteiger partial charge in [-0.2, -0.15) is 8.42 Å². The van der Waals surface area contributed by atoms with Crippen molar-refractivity contribution in [1.82, 2.24) is 5.48 Å². The molecule has 0 aliphatic heterocycles. The molecule has 1 aliphatic carbocycles. The van der Waals surface area contributed by atoms with E-state index in [0.717, 1.165) is 31.4 Å². The third-order valence-corrected chi connectivity index (χ3v) is 4.26. The molecule has 1 aromatic rings. The third-order valence-electron chi connectivity index (χ3n) is 3.11. The molecule has 4 nitrogen and oxygen atoms in total. The zero-order valence-electron chi connectivity index (χ0n) is 10.8. The summed E-state index contributed by atoms with van der Waals surface area (Å²) in [4.78, 5) is 0.161. The molecule has 2 rings (SSSR count). The number of rotatable bonds is 4. The number of allylic oxidation sites excluding steroid dienone is 2. The predicted octanol–water partition coefficient (Wildman–Crippen LogP) is 3.13. The summed E-state index contributed by atoms with van der Waals surface area (Å²) in [6, 6.07) is 8.15. The van der Waals surface area contributed by atoms with Crippen molar-refractivity contribution in [1.29, 1.82) is 0 Å². The monoisotopic (exact) mass is 281 g/mol. The second-order valence-electron chi connectivity index (χ2n) is 4.63. The Labute approximate surface area is 114 Å². The van der Waals surface area contributed by atoms with Gasteiger partial charge in [-0.15, -0.1) is 4.28 Å². The lowest BCUT2D eigenvalue weighted by molar-refractivity contribution is 0.230. The standard InChI is InChI=1S/C14H19NO3S/c16-19(17,14-11-7-4-8-12-14)18-15-13-9-5-2-1-3-6-10-13/h4,7-9,11-12,15H,1-3,5-6,10H2. The predicted molar refractivity (Wildman–Crippen MR) is 73.6 cm³/mol. The maximum atomic E-state index is 11.9. The highest BCUT2D eigenvalue weighted by Crippen LogP contribution is 2.16. The van der Waals surface area contributed by atoms with Crippen LogP contribution in [0.5, 0.6) is 0 Å². The fourth-order valence-electron chi connectivity index (χ4n) is 2.03. The van der Waals surface area contributed by atoms with Crippen LogP contribution >= 0.6 is 0 Å². The molecule has 5 heteroatoms. The van der Waals surface area contributed by atoms with Crippen molar-refractivity contribution in [3.05, 3.63) is 42.1 Å². The molecule has 0 bridgehead atoms. The van der Waals surface area contributed by atoms with Crippen LogP contribution in [0.25, 0.3) is 0 Å². The van der Waals surface area contributed by atoms with E-state index in [4.69, 9.17) is 4.28 Å². The van der Waals surface area contributed by atoms with Crippen molar-refractivity contribution in [2.24, 2.45) is 0 Å². The second kappa shape index (κ2) is 6.73. The summed E-state index contributed by atoms with van der Waals surface area (Å²) in [5.74, 6) is 0. The van der Waals surface area contributed by atoms with Crippen LogP contribution in [0, 0.1) is 0 Å². The van der Waals surface area contributed by atoms with E-state index in [1.54, 1.807) is 18.2 Å². The Morgan fingerprint density at radius 3 is 2.53 bits per heavy atom. The molecule has 1 aliphatic rings. The molecule has 0 saturated heterocycles. The molecule has 0 spiro atoms. The molecule has 1 aromatic carbocycles. The minimum Gasteiger partial charge on any atom is -0.254 e. The summed E-state index contributed by atoms with van der Waals surface area (Å²) in [5.41, 5.74) is 3.46. The van der Waals surface area contributed by atoms with E-state index in [1.165, 1.54) is 25.0 Å². The number of nitrogens with one attached hydrogen (secondary N) is 1. The molecule has 0 heterocycles. The van der Waals surface area contributed by atoms with Gasteiger partial charge in [0.15, 0.2) is 0 Å². The Bertz CT molecular complexity index is 523. The van der Waals surface area contributed by atoms with Crippen LogP contribution in [0.1, 0.15) is 38.5 Å². The van der Waals surface area contributed by atoms with E-state index >= 15 is 0 Å². The number of benzene rings is 1. The maximum absolute atomic E-state index is 11.9. The summed E-state index contributed by atoms with van der Waals surface area (Å²) < 4.78 is 28.7. The van der Waals surface area contributed by atoms with Crippen LogP contribution in [0.15, 0.2) is 47.0 Å². The van der Waals surface area contributed by atoms with Crippen molar-refractivity contribution in [3.63, 3.8) is 0 Å². The molecule has 0 radical (unpaired) electrons. The van der Waals surface area contributed by atoms with E-state index in [1.807, 2.05) is 6.08 Å². The quantitative estimate of drug-likeness (QED) is 0.861. The molecular formula is C14H19NO3S. The summed E-state index contributed by atoms with van der Waals surface area (Å²) in [6.07, 6.45) is 8.47. The first-order chi connectivity index (χ1) is 9.18. The normalized spacial score (nSPS) is 17.2.